The third kappa shape index (κ3) is 3.15. The average molecular weight is 343 g/mol. The normalized spacial score (nSPS) is 11.8. The number of hydrogen-bond donors (Lipinski definition) is 1. The number of hydrogen-bond acceptors (Lipinski definition) is 2. The molecule has 2 aromatic heterocycles. The zero-order valence-corrected chi connectivity index (χ0v) is 14.6. The minimum atomic E-state index is -0.976. The summed E-state index contributed by atoms with van der Waals surface area (Å²) in [4.78, 5) is 15.9. The number of rotatable bonds is 3. The lowest BCUT2D eigenvalue weighted by Crippen LogP contribution is -2.12. The van der Waals surface area contributed by atoms with E-state index < -0.39 is 5.97 Å². The molecule has 0 fully saturated rings. The number of nitrogens with zero attached hydrogens (tertiary/aromatic N) is 2. The highest BCUT2D eigenvalue weighted by molar-refractivity contribution is 6.29. The van der Waals surface area contributed by atoms with E-state index in [-0.39, 0.29) is 11.1 Å². The summed E-state index contributed by atoms with van der Waals surface area (Å²) < 4.78 is 1.69. The molecule has 5 heteroatoms. The van der Waals surface area contributed by atoms with Crippen molar-refractivity contribution in [3.8, 4) is 0 Å². The van der Waals surface area contributed by atoms with E-state index >= 15 is 0 Å². The molecule has 124 valence electrons. The highest BCUT2D eigenvalue weighted by Gasteiger charge is 2.17. The monoisotopic (exact) mass is 342 g/mol. The summed E-state index contributed by atoms with van der Waals surface area (Å²) in [5.41, 5.74) is 3.13. The number of pyridine rings is 1. The van der Waals surface area contributed by atoms with E-state index in [1.165, 1.54) is 5.56 Å². The maximum absolute atomic E-state index is 11.6. The first-order chi connectivity index (χ1) is 11.3. The predicted octanol–water partition coefficient (Wildman–Crippen LogP) is 4.73. The highest BCUT2D eigenvalue weighted by atomic mass is 35.5. The lowest BCUT2D eigenvalue weighted by Gasteiger charge is -2.19. The highest BCUT2D eigenvalue weighted by Crippen LogP contribution is 2.25. The maximum atomic E-state index is 11.6. The van der Waals surface area contributed by atoms with Gasteiger partial charge in [0, 0.05) is 11.9 Å². The maximum Gasteiger partial charge on any atom is 0.352 e. The molecular formula is C19H19ClN2O2. The fraction of sp³-hybridized carbons (Fsp3) is 0.263. The smallest absolute Gasteiger partial charge is 0.352 e. The Hall–Kier alpha value is -2.33. The van der Waals surface area contributed by atoms with Crippen LogP contribution in [0.5, 0.6) is 0 Å². The van der Waals surface area contributed by atoms with Gasteiger partial charge in [-0.2, -0.15) is 0 Å². The van der Waals surface area contributed by atoms with Gasteiger partial charge in [-0.25, -0.2) is 9.78 Å². The van der Waals surface area contributed by atoms with Crippen LogP contribution in [0.3, 0.4) is 0 Å². The molecule has 0 spiro atoms. The van der Waals surface area contributed by atoms with Crippen LogP contribution in [-0.2, 0) is 12.0 Å². The first-order valence-corrected chi connectivity index (χ1v) is 8.12. The van der Waals surface area contributed by atoms with Crippen molar-refractivity contribution < 1.29 is 9.90 Å². The van der Waals surface area contributed by atoms with Gasteiger partial charge >= 0.3 is 5.97 Å². The molecule has 0 bridgehead atoms. The third-order valence-electron chi connectivity index (χ3n) is 4.09. The van der Waals surface area contributed by atoms with Gasteiger partial charge in [0.05, 0.1) is 0 Å². The first kappa shape index (κ1) is 16.5. The molecule has 0 aliphatic heterocycles. The summed E-state index contributed by atoms with van der Waals surface area (Å²) in [6.45, 7) is 6.92. The SMILES string of the molecule is CC(C)(C)c1ccc(Cn2c(C(=O)O)cc3ccc(Cl)nc32)cc1. The number of fused-ring (bicyclic) bond motifs is 1. The Morgan fingerprint density at radius 1 is 1.17 bits per heavy atom. The molecule has 24 heavy (non-hydrogen) atoms. The summed E-state index contributed by atoms with van der Waals surface area (Å²) in [6, 6.07) is 13.3. The number of aromatic nitrogens is 2. The van der Waals surface area contributed by atoms with Crippen LogP contribution < -0.4 is 0 Å². The molecule has 0 atom stereocenters. The average Bonchev–Trinajstić information content (AvgIpc) is 2.85. The molecular weight excluding hydrogens is 324 g/mol. The topological polar surface area (TPSA) is 55.1 Å². The molecule has 0 saturated heterocycles. The lowest BCUT2D eigenvalue weighted by molar-refractivity contribution is 0.0686. The van der Waals surface area contributed by atoms with Crippen molar-refractivity contribution in [2.45, 2.75) is 32.7 Å². The van der Waals surface area contributed by atoms with E-state index in [9.17, 15) is 9.90 Å². The Bertz CT molecular complexity index is 906. The van der Waals surface area contributed by atoms with E-state index in [1.807, 2.05) is 12.1 Å². The summed E-state index contributed by atoms with van der Waals surface area (Å²) >= 11 is 5.98. The zero-order chi connectivity index (χ0) is 17.5. The molecule has 0 aliphatic rings. The Kier molecular flexibility index (Phi) is 4.10. The third-order valence-corrected chi connectivity index (χ3v) is 4.30. The molecule has 1 aromatic carbocycles. The molecule has 4 nitrogen and oxygen atoms in total. The number of carbonyl (C=O) groups is 1. The number of aromatic carboxylic acids is 1. The van der Waals surface area contributed by atoms with Gasteiger partial charge in [-0.05, 0) is 34.7 Å². The molecule has 1 N–H and O–H groups in total. The van der Waals surface area contributed by atoms with Crippen molar-refractivity contribution in [1.29, 1.82) is 0 Å². The molecule has 2 heterocycles. The largest absolute Gasteiger partial charge is 0.477 e. The van der Waals surface area contributed by atoms with Crippen LogP contribution in [0, 0.1) is 0 Å². The van der Waals surface area contributed by atoms with Gasteiger partial charge < -0.3 is 9.67 Å². The summed E-state index contributed by atoms with van der Waals surface area (Å²) in [7, 11) is 0. The van der Waals surface area contributed by atoms with Crippen LogP contribution in [0.1, 0.15) is 42.4 Å². The Morgan fingerprint density at radius 2 is 1.83 bits per heavy atom. The van der Waals surface area contributed by atoms with Gasteiger partial charge in [-0.15, -0.1) is 0 Å². The fourth-order valence-electron chi connectivity index (χ4n) is 2.73. The molecule has 3 rings (SSSR count). The molecule has 3 aromatic rings. The van der Waals surface area contributed by atoms with Crippen LogP contribution in [0.15, 0.2) is 42.5 Å². The molecule has 0 radical (unpaired) electrons. The van der Waals surface area contributed by atoms with Crippen molar-refractivity contribution in [3.05, 3.63) is 64.4 Å². The molecule has 0 aliphatic carbocycles. The van der Waals surface area contributed by atoms with Gasteiger partial charge in [0.2, 0.25) is 0 Å². The van der Waals surface area contributed by atoms with Crippen LogP contribution in [0.2, 0.25) is 5.15 Å². The number of benzene rings is 1. The Balaban J connectivity index is 2.04. The zero-order valence-electron chi connectivity index (χ0n) is 13.9. The van der Waals surface area contributed by atoms with E-state index in [2.05, 4.69) is 37.9 Å². The van der Waals surface area contributed by atoms with Crippen molar-refractivity contribution in [2.75, 3.05) is 0 Å². The fourth-order valence-corrected chi connectivity index (χ4v) is 2.88. The van der Waals surface area contributed by atoms with Crippen LogP contribution in [0.4, 0.5) is 0 Å². The van der Waals surface area contributed by atoms with Gasteiger partial charge in [0.1, 0.15) is 16.5 Å². The second-order valence-corrected chi connectivity index (χ2v) is 7.30. The second-order valence-electron chi connectivity index (χ2n) is 6.91. The lowest BCUT2D eigenvalue weighted by atomic mass is 9.87. The first-order valence-electron chi connectivity index (χ1n) is 7.74. The molecule has 0 saturated carbocycles. The van der Waals surface area contributed by atoms with Crippen molar-refractivity contribution in [3.63, 3.8) is 0 Å². The van der Waals surface area contributed by atoms with Crippen molar-refractivity contribution in [1.82, 2.24) is 9.55 Å². The Morgan fingerprint density at radius 3 is 2.42 bits per heavy atom. The Labute approximate surface area is 145 Å². The van der Waals surface area contributed by atoms with E-state index in [4.69, 9.17) is 11.6 Å². The molecule has 0 unspecified atom stereocenters. The number of carboxylic acids is 1. The van der Waals surface area contributed by atoms with E-state index in [0.717, 1.165) is 10.9 Å². The van der Waals surface area contributed by atoms with Gasteiger partial charge in [-0.3, -0.25) is 0 Å². The predicted molar refractivity (Wildman–Crippen MR) is 95.9 cm³/mol. The van der Waals surface area contributed by atoms with Crippen LogP contribution in [0.25, 0.3) is 11.0 Å². The van der Waals surface area contributed by atoms with E-state index in [0.29, 0.717) is 17.3 Å². The van der Waals surface area contributed by atoms with Crippen molar-refractivity contribution >= 4 is 28.6 Å². The minimum absolute atomic E-state index is 0.0833. The van der Waals surface area contributed by atoms with Crippen LogP contribution in [-0.4, -0.2) is 20.6 Å². The second kappa shape index (κ2) is 5.95. The van der Waals surface area contributed by atoms with Gasteiger partial charge in [0.25, 0.3) is 0 Å². The standard InChI is InChI=1S/C19H19ClN2O2/c1-19(2,3)14-7-4-12(5-8-14)11-22-15(18(23)24)10-13-6-9-16(20)21-17(13)22/h4-10H,11H2,1-3H3,(H,23,24). The van der Waals surface area contributed by atoms with Crippen LogP contribution >= 0.6 is 11.6 Å². The number of carboxylic acid groups (broad SMARTS) is 1. The summed E-state index contributed by atoms with van der Waals surface area (Å²) in [5, 5.41) is 10.6. The van der Waals surface area contributed by atoms with Gasteiger partial charge in [-0.1, -0.05) is 56.6 Å². The molecule has 0 amide bonds. The summed E-state index contributed by atoms with van der Waals surface area (Å²) in [5.74, 6) is -0.976. The van der Waals surface area contributed by atoms with E-state index in [1.54, 1.807) is 22.8 Å². The minimum Gasteiger partial charge on any atom is -0.477 e. The summed E-state index contributed by atoms with van der Waals surface area (Å²) in [6.07, 6.45) is 0. The number of halogens is 1. The van der Waals surface area contributed by atoms with Crippen molar-refractivity contribution in [2.24, 2.45) is 0 Å². The van der Waals surface area contributed by atoms with Gasteiger partial charge in [0.15, 0.2) is 0 Å². The quantitative estimate of drug-likeness (QED) is 0.700.